The molecule has 2 aromatic heterocycles. The minimum atomic E-state index is -4.56. The number of nitrogens with zero attached hydrogens (tertiary/aromatic N) is 3. The number of aromatic nitrogens is 3. The lowest BCUT2D eigenvalue weighted by Crippen LogP contribution is -2.15. The van der Waals surface area contributed by atoms with Crippen molar-refractivity contribution in [3.05, 3.63) is 41.1 Å². The lowest BCUT2D eigenvalue weighted by molar-refractivity contribution is -0.137. The lowest BCUT2D eigenvalue weighted by atomic mass is 10.00. The highest BCUT2D eigenvalue weighted by atomic mass is 19.4. The summed E-state index contributed by atoms with van der Waals surface area (Å²) in [7, 11) is 0. The van der Waals surface area contributed by atoms with E-state index >= 15 is 0 Å². The number of alkyl halides is 3. The van der Waals surface area contributed by atoms with Gasteiger partial charge in [-0.15, -0.1) is 0 Å². The number of ketones is 1. The second kappa shape index (κ2) is 6.84. The minimum Gasteiger partial charge on any atom is -0.507 e. The summed E-state index contributed by atoms with van der Waals surface area (Å²) in [5.74, 6) is -0.679. The zero-order chi connectivity index (χ0) is 20.9. The van der Waals surface area contributed by atoms with E-state index in [1.165, 1.54) is 13.8 Å². The number of benzene rings is 1. The van der Waals surface area contributed by atoms with Crippen LogP contribution in [0.25, 0.3) is 22.3 Å². The van der Waals surface area contributed by atoms with Gasteiger partial charge in [0.05, 0.1) is 29.3 Å². The molecule has 0 unspecified atom stereocenters. The van der Waals surface area contributed by atoms with E-state index in [-0.39, 0.29) is 28.6 Å². The van der Waals surface area contributed by atoms with E-state index in [2.05, 4.69) is 10.1 Å². The first-order chi connectivity index (χ1) is 13.7. The number of carbonyl (C=O) groups is 1. The van der Waals surface area contributed by atoms with Crippen molar-refractivity contribution in [2.24, 2.45) is 0 Å². The third-order valence-electron chi connectivity index (χ3n) is 5.04. The van der Waals surface area contributed by atoms with Crippen molar-refractivity contribution < 1.29 is 27.8 Å². The van der Waals surface area contributed by atoms with Crippen molar-refractivity contribution in [3.63, 3.8) is 0 Å². The van der Waals surface area contributed by atoms with Gasteiger partial charge in [0.15, 0.2) is 11.4 Å². The number of hydrogen-bond donors (Lipinski definition) is 1. The summed E-state index contributed by atoms with van der Waals surface area (Å²) in [4.78, 5) is 16.6. The SMILES string of the molecule is CC(=O)c1c2ccc(-c3c(C)cc(C(F)(F)F)cc3O)nc2nn1[C@@H]1CCOC1. The maximum atomic E-state index is 13.0. The molecule has 4 rings (SSSR count). The number of pyridine rings is 1. The highest BCUT2D eigenvalue weighted by Gasteiger charge is 2.32. The van der Waals surface area contributed by atoms with E-state index in [1.807, 2.05) is 0 Å². The van der Waals surface area contributed by atoms with Crippen molar-refractivity contribution in [2.75, 3.05) is 13.2 Å². The first-order valence-corrected chi connectivity index (χ1v) is 9.06. The number of rotatable bonds is 3. The molecule has 0 spiro atoms. The molecule has 1 fully saturated rings. The second-order valence-corrected chi connectivity index (χ2v) is 7.12. The Morgan fingerprint density at radius 1 is 1.31 bits per heavy atom. The summed E-state index contributed by atoms with van der Waals surface area (Å²) in [5, 5.41) is 15.3. The highest BCUT2D eigenvalue weighted by molar-refractivity contribution is 6.04. The molecule has 1 saturated heterocycles. The first kappa shape index (κ1) is 19.4. The smallest absolute Gasteiger partial charge is 0.416 e. The topological polar surface area (TPSA) is 77.2 Å². The van der Waals surface area contributed by atoms with Crippen LogP contribution in [0.15, 0.2) is 24.3 Å². The van der Waals surface area contributed by atoms with Crippen molar-refractivity contribution in [1.29, 1.82) is 0 Å². The van der Waals surface area contributed by atoms with E-state index in [1.54, 1.807) is 16.8 Å². The molecule has 0 amide bonds. The third kappa shape index (κ3) is 3.35. The number of halogens is 3. The molecule has 3 heterocycles. The molecule has 1 N–H and O–H groups in total. The fourth-order valence-electron chi connectivity index (χ4n) is 3.72. The normalized spacial score (nSPS) is 17.2. The van der Waals surface area contributed by atoms with Gasteiger partial charge >= 0.3 is 6.18 Å². The largest absolute Gasteiger partial charge is 0.507 e. The molecular formula is C20H18F3N3O3. The zero-order valence-corrected chi connectivity index (χ0v) is 15.7. The molecule has 3 aromatic rings. The van der Waals surface area contributed by atoms with Crippen molar-refractivity contribution in [2.45, 2.75) is 32.5 Å². The fraction of sp³-hybridized carbons (Fsp3) is 0.350. The van der Waals surface area contributed by atoms with Crippen LogP contribution in [0.1, 0.15) is 41.0 Å². The summed E-state index contributed by atoms with van der Waals surface area (Å²) in [6, 6.07) is 4.80. The summed E-state index contributed by atoms with van der Waals surface area (Å²) in [6.45, 7) is 3.95. The van der Waals surface area contributed by atoms with Crippen LogP contribution in [-0.2, 0) is 10.9 Å². The number of fused-ring (bicyclic) bond motifs is 1. The Morgan fingerprint density at radius 2 is 2.07 bits per heavy atom. The van der Waals surface area contributed by atoms with Gasteiger partial charge in [-0.1, -0.05) is 0 Å². The van der Waals surface area contributed by atoms with Crippen LogP contribution in [0.5, 0.6) is 5.75 Å². The van der Waals surface area contributed by atoms with Crippen LogP contribution in [0.4, 0.5) is 13.2 Å². The standard InChI is InChI=1S/C20H18F3N3O3/c1-10-7-12(20(21,22)23)8-16(28)17(10)15-4-3-14-18(11(2)27)26(25-19(14)24-15)13-5-6-29-9-13/h3-4,7-8,13,28H,5-6,9H2,1-2H3/t13-/m1/s1. The lowest BCUT2D eigenvalue weighted by Gasteiger charge is -2.13. The van der Waals surface area contributed by atoms with E-state index in [0.29, 0.717) is 36.0 Å². The molecule has 0 bridgehead atoms. The summed E-state index contributed by atoms with van der Waals surface area (Å²) < 4.78 is 45.9. The second-order valence-electron chi connectivity index (χ2n) is 7.12. The Bertz CT molecular complexity index is 1090. The van der Waals surface area contributed by atoms with Gasteiger partial charge in [-0.2, -0.15) is 18.3 Å². The van der Waals surface area contributed by atoms with E-state index < -0.39 is 17.5 Å². The molecule has 0 aliphatic carbocycles. The van der Waals surface area contributed by atoms with Crippen LogP contribution < -0.4 is 0 Å². The predicted molar refractivity (Wildman–Crippen MR) is 98.8 cm³/mol. The average molecular weight is 405 g/mol. The average Bonchev–Trinajstić information content (AvgIpc) is 3.27. The van der Waals surface area contributed by atoms with Crippen LogP contribution >= 0.6 is 0 Å². The van der Waals surface area contributed by atoms with Gasteiger partial charge in [0.25, 0.3) is 0 Å². The molecule has 0 saturated carbocycles. The molecule has 1 atom stereocenters. The van der Waals surface area contributed by atoms with Gasteiger partial charge < -0.3 is 9.84 Å². The predicted octanol–water partition coefficient (Wildman–Crippen LogP) is 4.30. The van der Waals surface area contributed by atoms with Crippen molar-refractivity contribution in [3.8, 4) is 17.0 Å². The Morgan fingerprint density at radius 3 is 2.66 bits per heavy atom. The van der Waals surface area contributed by atoms with Crippen LogP contribution in [0, 0.1) is 6.92 Å². The molecule has 0 radical (unpaired) electrons. The monoisotopic (exact) mass is 405 g/mol. The van der Waals surface area contributed by atoms with Crippen LogP contribution in [0.3, 0.4) is 0 Å². The molecule has 1 aliphatic rings. The summed E-state index contributed by atoms with van der Waals surface area (Å²) >= 11 is 0. The van der Waals surface area contributed by atoms with Gasteiger partial charge in [0.1, 0.15) is 11.4 Å². The third-order valence-corrected chi connectivity index (χ3v) is 5.04. The number of carbonyl (C=O) groups excluding carboxylic acids is 1. The molecule has 6 nitrogen and oxygen atoms in total. The van der Waals surface area contributed by atoms with Crippen molar-refractivity contribution >= 4 is 16.8 Å². The minimum absolute atomic E-state index is 0.0762. The number of aromatic hydroxyl groups is 1. The van der Waals surface area contributed by atoms with Gasteiger partial charge in [-0.3, -0.25) is 9.48 Å². The Labute approximate surface area is 163 Å². The summed E-state index contributed by atoms with van der Waals surface area (Å²) in [5.41, 5.74) is 0.495. The van der Waals surface area contributed by atoms with E-state index in [4.69, 9.17) is 4.74 Å². The maximum Gasteiger partial charge on any atom is 0.416 e. The molecular weight excluding hydrogens is 387 g/mol. The summed E-state index contributed by atoms with van der Waals surface area (Å²) in [6.07, 6.45) is -3.84. The zero-order valence-electron chi connectivity index (χ0n) is 15.7. The van der Waals surface area contributed by atoms with Gasteiger partial charge in [-0.05, 0) is 43.2 Å². The van der Waals surface area contributed by atoms with Gasteiger partial charge in [-0.25, -0.2) is 4.98 Å². The van der Waals surface area contributed by atoms with Gasteiger partial charge in [0, 0.05) is 19.1 Å². The number of hydrogen-bond acceptors (Lipinski definition) is 5. The molecule has 152 valence electrons. The highest BCUT2D eigenvalue weighted by Crippen LogP contribution is 2.39. The fourth-order valence-corrected chi connectivity index (χ4v) is 3.72. The van der Waals surface area contributed by atoms with Crippen LogP contribution in [0.2, 0.25) is 0 Å². The number of phenolic OH excluding ortho intramolecular Hbond substituents is 1. The Kier molecular flexibility index (Phi) is 4.57. The van der Waals surface area contributed by atoms with E-state index in [0.717, 1.165) is 12.5 Å². The number of Topliss-reactive ketones (excluding diaryl/α,β-unsaturated/α-hetero) is 1. The number of ether oxygens (including phenoxy) is 1. The quantitative estimate of drug-likeness (QED) is 0.658. The van der Waals surface area contributed by atoms with Crippen molar-refractivity contribution in [1.82, 2.24) is 14.8 Å². The first-order valence-electron chi connectivity index (χ1n) is 9.06. The molecule has 1 aromatic carbocycles. The Balaban J connectivity index is 1.86. The maximum absolute atomic E-state index is 13.0. The molecule has 9 heteroatoms. The Hall–Kier alpha value is -2.94. The molecule has 29 heavy (non-hydrogen) atoms. The van der Waals surface area contributed by atoms with Crippen LogP contribution in [-0.4, -0.2) is 38.9 Å². The molecule has 1 aliphatic heterocycles. The number of aryl methyl sites for hydroxylation is 1. The van der Waals surface area contributed by atoms with Gasteiger partial charge in [0.2, 0.25) is 0 Å². The number of phenols is 1. The van der Waals surface area contributed by atoms with E-state index in [9.17, 15) is 23.1 Å².